The van der Waals surface area contributed by atoms with Gasteiger partial charge < -0.3 is 4.74 Å². The Hall–Kier alpha value is -4.52. The molecule has 0 atom stereocenters. The van der Waals surface area contributed by atoms with Crippen LogP contribution < -0.4 is 4.74 Å². The molecule has 0 N–H and O–H groups in total. The number of hydrogen-bond acceptors (Lipinski definition) is 1. The zero-order chi connectivity index (χ0) is 30.6. The van der Waals surface area contributed by atoms with Crippen molar-refractivity contribution < 1.29 is 31.1 Å². The summed E-state index contributed by atoms with van der Waals surface area (Å²) >= 11 is 0. The van der Waals surface area contributed by atoms with Gasteiger partial charge in [-0.1, -0.05) is 80.4 Å². The van der Waals surface area contributed by atoms with Crippen LogP contribution in [-0.2, 0) is 12.5 Å². The van der Waals surface area contributed by atoms with E-state index >= 15 is 4.39 Å². The van der Waals surface area contributed by atoms with Gasteiger partial charge in [-0.3, -0.25) is 0 Å². The van der Waals surface area contributed by atoms with Crippen molar-refractivity contribution in [2.45, 2.75) is 38.7 Å². The quantitative estimate of drug-likeness (QED) is 0.0893. The van der Waals surface area contributed by atoms with Gasteiger partial charge in [0.05, 0.1) is 5.56 Å². The highest BCUT2D eigenvalue weighted by molar-refractivity contribution is 5.71. The molecule has 0 heterocycles. The molecule has 0 aromatic heterocycles. The van der Waals surface area contributed by atoms with E-state index in [0.717, 1.165) is 42.5 Å². The number of rotatable bonds is 10. The van der Waals surface area contributed by atoms with Crippen molar-refractivity contribution in [3.8, 4) is 39.1 Å². The summed E-state index contributed by atoms with van der Waals surface area (Å²) < 4.78 is 90.3. The lowest BCUT2D eigenvalue weighted by Crippen LogP contribution is -2.21. The number of aryl methyl sites for hydroxylation is 1. The molecule has 0 aliphatic rings. The molecule has 7 heteroatoms. The Kier molecular flexibility index (Phi) is 8.90. The van der Waals surface area contributed by atoms with Gasteiger partial charge in [-0.2, -0.15) is 8.78 Å². The van der Waals surface area contributed by atoms with Crippen LogP contribution in [0.1, 0.15) is 37.3 Å². The number of ether oxygens (including phenoxy) is 1. The predicted octanol–water partition coefficient (Wildman–Crippen LogP) is 11.1. The molecule has 0 saturated carbocycles. The van der Waals surface area contributed by atoms with E-state index < -0.39 is 34.9 Å². The Labute approximate surface area is 246 Å². The maximum absolute atomic E-state index is 15.1. The number of alkyl halides is 2. The largest absolute Gasteiger partial charge is 0.429 e. The number of halogens is 6. The van der Waals surface area contributed by atoms with Crippen LogP contribution in [0.25, 0.3) is 33.4 Å². The average Bonchev–Trinajstić information content (AvgIpc) is 3.00. The minimum absolute atomic E-state index is 0.0428. The van der Waals surface area contributed by atoms with E-state index in [4.69, 9.17) is 4.74 Å². The van der Waals surface area contributed by atoms with Crippen molar-refractivity contribution in [2.24, 2.45) is 0 Å². The van der Waals surface area contributed by atoms with Crippen LogP contribution in [-0.4, -0.2) is 0 Å². The van der Waals surface area contributed by atoms with Crippen molar-refractivity contribution >= 4 is 0 Å². The standard InChI is InChI=1S/C36H28F6O/c1-2-3-4-5-23-6-8-24(9-7-23)27-14-19-31(32(37)20-27)26-10-15-29(16-11-26)36(41,42)43-30-17-12-25(13-18-30)28-21-33(38)35(40)34(39)22-28/h6-22H,2-5H2,1H3. The van der Waals surface area contributed by atoms with Gasteiger partial charge >= 0.3 is 6.11 Å². The molecule has 0 unspecified atom stereocenters. The SMILES string of the molecule is CCCCCc1ccc(-c2ccc(-c3ccc(C(F)(F)Oc4ccc(-c5cc(F)c(F)c(F)c5)cc4)cc3)c(F)c2)cc1. The molecule has 1 nitrogen and oxygen atoms in total. The number of hydrogen-bond donors (Lipinski definition) is 0. The molecule has 0 amide bonds. The first-order valence-electron chi connectivity index (χ1n) is 14.0. The maximum Gasteiger partial charge on any atom is 0.426 e. The Bertz CT molecular complexity index is 1670. The van der Waals surface area contributed by atoms with Gasteiger partial charge in [0.25, 0.3) is 0 Å². The minimum atomic E-state index is -3.72. The highest BCUT2D eigenvalue weighted by Gasteiger charge is 2.34. The third-order valence-electron chi connectivity index (χ3n) is 7.27. The van der Waals surface area contributed by atoms with Crippen LogP contribution in [0.3, 0.4) is 0 Å². The molecule has 0 bridgehead atoms. The molecule has 0 radical (unpaired) electrons. The summed E-state index contributed by atoms with van der Waals surface area (Å²) in [5.41, 5.74) is 3.44. The second kappa shape index (κ2) is 12.8. The van der Waals surface area contributed by atoms with E-state index in [9.17, 15) is 22.0 Å². The molecule has 0 aliphatic heterocycles. The summed E-state index contributed by atoms with van der Waals surface area (Å²) in [6, 6.07) is 24.8. The number of benzene rings is 5. The minimum Gasteiger partial charge on any atom is -0.429 e. The zero-order valence-electron chi connectivity index (χ0n) is 23.3. The van der Waals surface area contributed by atoms with Gasteiger partial charge in [0.2, 0.25) is 0 Å². The van der Waals surface area contributed by atoms with E-state index in [1.807, 2.05) is 12.1 Å². The molecular formula is C36H28F6O. The first-order chi connectivity index (χ1) is 20.6. The van der Waals surface area contributed by atoms with Crippen LogP contribution in [0.4, 0.5) is 26.3 Å². The lowest BCUT2D eigenvalue weighted by atomic mass is 9.97. The van der Waals surface area contributed by atoms with Crippen LogP contribution in [0, 0.1) is 23.3 Å². The summed E-state index contributed by atoms with van der Waals surface area (Å²) in [5, 5.41) is 0. The Morgan fingerprint density at radius 2 is 1.09 bits per heavy atom. The zero-order valence-corrected chi connectivity index (χ0v) is 23.3. The van der Waals surface area contributed by atoms with E-state index in [-0.39, 0.29) is 22.4 Å². The van der Waals surface area contributed by atoms with Gasteiger partial charge in [0, 0.05) is 5.56 Å². The van der Waals surface area contributed by atoms with Crippen LogP contribution in [0.15, 0.2) is 103 Å². The predicted molar refractivity (Wildman–Crippen MR) is 157 cm³/mol. The smallest absolute Gasteiger partial charge is 0.426 e. The lowest BCUT2D eigenvalue weighted by molar-refractivity contribution is -0.185. The molecular weight excluding hydrogens is 562 g/mol. The fraction of sp³-hybridized carbons (Fsp3) is 0.167. The fourth-order valence-corrected chi connectivity index (χ4v) is 4.86. The highest BCUT2D eigenvalue weighted by atomic mass is 19.3. The molecule has 43 heavy (non-hydrogen) atoms. The van der Waals surface area contributed by atoms with Crippen molar-refractivity contribution in [1.82, 2.24) is 0 Å². The summed E-state index contributed by atoms with van der Waals surface area (Å²) in [6.45, 7) is 2.16. The van der Waals surface area contributed by atoms with E-state index in [1.54, 1.807) is 12.1 Å². The third-order valence-corrected chi connectivity index (χ3v) is 7.27. The van der Waals surface area contributed by atoms with Crippen LogP contribution >= 0.6 is 0 Å². The molecule has 5 rings (SSSR count). The summed E-state index contributed by atoms with van der Waals surface area (Å²) in [6.07, 6.45) is 0.763. The Morgan fingerprint density at radius 3 is 1.70 bits per heavy atom. The van der Waals surface area contributed by atoms with E-state index in [1.165, 1.54) is 66.6 Å². The second-order valence-electron chi connectivity index (χ2n) is 10.3. The van der Waals surface area contributed by atoms with Crippen molar-refractivity contribution in [3.63, 3.8) is 0 Å². The molecule has 0 spiro atoms. The van der Waals surface area contributed by atoms with Crippen molar-refractivity contribution in [1.29, 1.82) is 0 Å². The fourth-order valence-electron chi connectivity index (χ4n) is 4.86. The molecule has 5 aromatic rings. The van der Waals surface area contributed by atoms with Crippen LogP contribution in [0.5, 0.6) is 5.75 Å². The van der Waals surface area contributed by atoms with Crippen LogP contribution in [0.2, 0.25) is 0 Å². The topological polar surface area (TPSA) is 9.23 Å². The molecule has 220 valence electrons. The van der Waals surface area contributed by atoms with E-state index in [2.05, 4.69) is 19.1 Å². The summed E-state index contributed by atoms with van der Waals surface area (Å²) in [5.74, 6) is -4.97. The maximum atomic E-state index is 15.1. The first kappa shape index (κ1) is 30.0. The summed E-state index contributed by atoms with van der Waals surface area (Å²) in [4.78, 5) is 0. The van der Waals surface area contributed by atoms with E-state index in [0.29, 0.717) is 5.56 Å². The first-order valence-corrected chi connectivity index (χ1v) is 14.0. The molecule has 0 aliphatic carbocycles. The van der Waals surface area contributed by atoms with Gasteiger partial charge in [0.15, 0.2) is 17.5 Å². The van der Waals surface area contributed by atoms with Crippen molar-refractivity contribution in [3.05, 3.63) is 138 Å². The highest BCUT2D eigenvalue weighted by Crippen LogP contribution is 2.35. The van der Waals surface area contributed by atoms with Gasteiger partial charge in [0.1, 0.15) is 11.6 Å². The molecule has 5 aromatic carbocycles. The lowest BCUT2D eigenvalue weighted by Gasteiger charge is -2.19. The van der Waals surface area contributed by atoms with Gasteiger partial charge in [-0.05, 0) is 88.7 Å². The third kappa shape index (κ3) is 6.94. The average molecular weight is 591 g/mol. The van der Waals surface area contributed by atoms with Gasteiger partial charge in [-0.25, -0.2) is 17.6 Å². The second-order valence-corrected chi connectivity index (χ2v) is 10.3. The van der Waals surface area contributed by atoms with Crippen molar-refractivity contribution in [2.75, 3.05) is 0 Å². The molecule has 0 fully saturated rings. The normalized spacial score (nSPS) is 11.5. The van der Waals surface area contributed by atoms with Gasteiger partial charge in [-0.15, -0.1) is 0 Å². The molecule has 0 saturated heterocycles. The Morgan fingerprint density at radius 1 is 0.558 bits per heavy atom. The Balaban J connectivity index is 1.27. The summed E-state index contributed by atoms with van der Waals surface area (Å²) in [7, 11) is 0. The monoisotopic (exact) mass is 590 g/mol. The number of unbranched alkanes of at least 4 members (excludes halogenated alkanes) is 2.